The average molecular weight is 504 g/mol. The summed E-state index contributed by atoms with van der Waals surface area (Å²) in [4.78, 5) is 32.5. The fourth-order valence-electron chi connectivity index (χ4n) is 3.04. The van der Waals surface area contributed by atoms with E-state index in [0.717, 1.165) is 4.47 Å². The number of non-ortho nitro benzene ring substituents is 1. The summed E-state index contributed by atoms with van der Waals surface area (Å²) in [6, 6.07) is 9.34. The molecule has 0 bridgehead atoms. The van der Waals surface area contributed by atoms with Gasteiger partial charge in [0.15, 0.2) is 10.6 Å². The van der Waals surface area contributed by atoms with Crippen LogP contribution >= 0.6 is 38.9 Å². The second-order valence-corrected chi connectivity index (χ2v) is 8.60. The van der Waals surface area contributed by atoms with Crippen LogP contribution in [-0.4, -0.2) is 19.3 Å². The lowest BCUT2D eigenvalue weighted by molar-refractivity contribution is -0.384. The predicted octanol–water partition coefficient (Wildman–Crippen LogP) is 4.44. The van der Waals surface area contributed by atoms with Crippen molar-refractivity contribution >= 4 is 66.8 Å². The van der Waals surface area contributed by atoms with Crippen LogP contribution in [0.5, 0.6) is 0 Å². The van der Waals surface area contributed by atoms with E-state index >= 15 is 0 Å². The molecule has 0 aliphatic rings. The third kappa shape index (κ3) is 3.09. The summed E-state index contributed by atoms with van der Waals surface area (Å²) in [6.45, 7) is 0. The van der Waals surface area contributed by atoms with Gasteiger partial charge in [-0.1, -0.05) is 22.9 Å². The van der Waals surface area contributed by atoms with Crippen LogP contribution in [0.4, 0.5) is 5.69 Å². The zero-order valence-electron chi connectivity index (χ0n) is 14.7. The molecule has 0 unspecified atom stereocenters. The molecule has 30 heavy (non-hydrogen) atoms. The van der Waals surface area contributed by atoms with Gasteiger partial charge in [0.2, 0.25) is 0 Å². The SMILES string of the molecule is O=c1/c(=C/c2ccc(-c3ccc([N+](=O)[O-])cc3Cl)o2)sc2nc3cc(Br)cnc3n12. The topological polar surface area (TPSA) is 104 Å². The molecule has 0 radical (unpaired) electrons. The molecule has 0 fully saturated rings. The van der Waals surface area contributed by atoms with Gasteiger partial charge in [-0.25, -0.2) is 14.4 Å². The molecule has 0 amide bonds. The Bertz CT molecular complexity index is 1590. The quantitative estimate of drug-likeness (QED) is 0.266. The number of thiazole rings is 1. The van der Waals surface area contributed by atoms with Crippen molar-refractivity contribution < 1.29 is 9.34 Å². The maximum atomic E-state index is 12.8. The highest BCUT2D eigenvalue weighted by Gasteiger charge is 2.15. The second kappa shape index (κ2) is 7.01. The van der Waals surface area contributed by atoms with Gasteiger partial charge in [-0.05, 0) is 40.2 Å². The summed E-state index contributed by atoms with van der Waals surface area (Å²) < 4.78 is 8.49. The number of benzene rings is 1. The van der Waals surface area contributed by atoms with E-state index in [1.807, 2.05) is 0 Å². The summed E-state index contributed by atoms with van der Waals surface area (Å²) in [5, 5.41) is 11.1. The highest BCUT2D eigenvalue weighted by molar-refractivity contribution is 9.10. The lowest BCUT2D eigenvalue weighted by atomic mass is 10.1. The molecule has 1 aromatic carbocycles. The summed E-state index contributed by atoms with van der Waals surface area (Å²) in [5.41, 5.74) is 1.30. The lowest BCUT2D eigenvalue weighted by Crippen LogP contribution is -2.22. The second-order valence-electron chi connectivity index (χ2n) is 6.27. The molecular formula is C19H8BrClN4O4S. The van der Waals surface area contributed by atoms with Gasteiger partial charge in [-0.3, -0.25) is 14.9 Å². The van der Waals surface area contributed by atoms with E-state index in [2.05, 4.69) is 25.9 Å². The number of halogens is 2. The lowest BCUT2D eigenvalue weighted by Gasteiger charge is -2.00. The van der Waals surface area contributed by atoms with E-state index < -0.39 is 4.92 Å². The number of aromatic nitrogens is 3. The van der Waals surface area contributed by atoms with Gasteiger partial charge >= 0.3 is 0 Å². The minimum Gasteiger partial charge on any atom is -0.457 e. The van der Waals surface area contributed by atoms with Crippen molar-refractivity contribution in [2.24, 2.45) is 0 Å². The zero-order chi connectivity index (χ0) is 21.0. The number of imidazole rings is 1. The first-order valence-electron chi connectivity index (χ1n) is 8.43. The molecule has 8 nitrogen and oxygen atoms in total. The molecule has 0 aliphatic heterocycles. The van der Waals surface area contributed by atoms with Gasteiger partial charge in [0.05, 0.1) is 9.95 Å². The van der Waals surface area contributed by atoms with E-state index in [1.54, 1.807) is 30.5 Å². The number of hydrogen-bond acceptors (Lipinski definition) is 7. The standard InChI is InChI=1S/C19H8BrClN4O4S/c20-9-5-14-17(22-8-9)24-18(26)16(30-19(24)23-14)7-11-2-4-15(29-11)12-3-1-10(25(27)28)6-13(12)21/h1-8H/b16-7-. The van der Waals surface area contributed by atoms with Crippen molar-refractivity contribution in [3.8, 4) is 11.3 Å². The Labute approximate surface area is 184 Å². The molecule has 0 saturated heterocycles. The first-order chi connectivity index (χ1) is 14.4. The number of furan rings is 1. The number of nitro benzene ring substituents is 1. The van der Waals surface area contributed by atoms with Crippen LogP contribution in [0.25, 0.3) is 33.5 Å². The predicted molar refractivity (Wildman–Crippen MR) is 117 cm³/mol. The number of nitrogens with zero attached hydrogens (tertiary/aromatic N) is 4. The van der Waals surface area contributed by atoms with Crippen LogP contribution in [0.3, 0.4) is 0 Å². The minimum atomic E-state index is -0.517. The monoisotopic (exact) mass is 502 g/mol. The van der Waals surface area contributed by atoms with Crippen molar-refractivity contribution in [1.29, 1.82) is 0 Å². The first-order valence-corrected chi connectivity index (χ1v) is 10.4. The number of nitro groups is 1. The Morgan fingerprint density at radius 1 is 1.27 bits per heavy atom. The van der Waals surface area contributed by atoms with Crippen LogP contribution in [0.2, 0.25) is 5.02 Å². The number of hydrogen-bond donors (Lipinski definition) is 0. The van der Waals surface area contributed by atoms with Crippen molar-refractivity contribution in [1.82, 2.24) is 14.4 Å². The molecule has 0 spiro atoms. The Morgan fingerprint density at radius 3 is 2.87 bits per heavy atom. The van der Waals surface area contributed by atoms with E-state index in [-0.39, 0.29) is 16.3 Å². The van der Waals surface area contributed by atoms with Crippen molar-refractivity contribution in [3.63, 3.8) is 0 Å². The van der Waals surface area contributed by atoms with Crippen LogP contribution < -0.4 is 10.1 Å². The van der Waals surface area contributed by atoms with Crippen LogP contribution in [0, 0.1) is 10.1 Å². The van der Waals surface area contributed by atoms with E-state index in [1.165, 1.54) is 33.9 Å². The molecule has 0 N–H and O–H groups in total. The molecule has 148 valence electrons. The zero-order valence-corrected chi connectivity index (χ0v) is 17.9. The van der Waals surface area contributed by atoms with Gasteiger partial charge in [-0.2, -0.15) is 0 Å². The summed E-state index contributed by atoms with van der Waals surface area (Å²) in [6.07, 6.45) is 3.23. The Kier molecular flexibility index (Phi) is 4.42. The minimum absolute atomic E-state index is 0.104. The summed E-state index contributed by atoms with van der Waals surface area (Å²) >= 11 is 10.7. The van der Waals surface area contributed by atoms with Gasteiger partial charge in [0.25, 0.3) is 11.2 Å². The van der Waals surface area contributed by atoms with E-state index in [9.17, 15) is 14.9 Å². The normalized spacial score (nSPS) is 12.3. The third-order valence-corrected chi connectivity index (χ3v) is 6.09. The number of fused-ring (bicyclic) bond motifs is 3. The molecule has 5 rings (SSSR count). The fraction of sp³-hybridized carbons (Fsp3) is 0. The highest BCUT2D eigenvalue weighted by atomic mass is 79.9. The molecule has 0 atom stereocenters. The van der Waals surface area contributed by atoms with Gasteiger partial charge in [-0.15, -0.1) is 0 Å². The van der Waals surface area contributed by atoms with Crippen molar-refractivity contribution in [2.75, 3.05) is 0 Å². The van der Waals surface area contributed by atoms with Crippen molar-refractivity contribution in [3.05, 3.63) is 82.9 Å². The Balaban J connectivity index is 1.57. The molecular weight excluding hydrogens is 496 g/mol. The fourth-order valence-corrected chi connectivity index (χ4v) is 4.58. The highest BCUT2D eigenvalue weighted by Crippen LogP contribution is 2.32. The van der Waals surface area contributed by atoms with Crippen LogP contribution in [0.1, 0.15) is 5.76 Å². The van der Waals surface area contributed by atoms with Crippen LogP contribution in [0.15, 0.2) is 56.3 Å². The van der Waals surface area contributed by atoms with E-state index in [0.29, 0.717) is 37.7 Å². The molecule has 0 saturated carbocycles. The molecule has 4 aromatic heterocycles. The van der Waals surface area contributed by atoms with Crippen LogP contribution in [-0.2, 0) is 0 Å². The Morgan fingerprint density at radius 2 is 2.10 bits per heavy atom. The smallest absolute Gasteiger partial charge is 0.276 e. The molecule has 11 heteroatoms. The maximum absolute atomic E-state index is 12.8. The molecule has 5 aromatic rings. The third-order valence-electron chi connectivity index (χ3n) is 4.38. The van der Waals surface area contributed by atoms with Crippen molar-refractivity contribution in [2.45, 2.75) is 0 Å². The largest absolute Gasteiger partial charge is 0.457 e. The van der Waals surface area contributed by atoms with Gasteiger partial charge in [0, 0.05) is 34.4 Å². The summed E-state index contributed by atoms with van der Waals surface area (Å²) in [7, 11) is 0. The molecule has 4 heterocycles. The van der Waals surface area contributed by atoms with E-state index in [4.69, 9.17) is 16.0 Å². The average Bonchev–Trinajstić information content (AvgIpc) is 3.37. The number of rotatable bonds is 3. The number of pyridine rings is 1. The van der Waals surface area contributed by atoms with Gasteiger partial charge < -0.3 is 4.42 Å². The maximum Gasteiger partial charge on any atom is 0.276 e. The van der Waals surface area contributed by atoms with Gasteiger partial charge in [0.1, 0.15) is 21.6 Å². The molecule has 0 aliphatic carbocycles. The first kappa shape index (κ1) is 18.9. The Hall–Kier alpha value is -3.08. The summed E-state index contributed by atoms with van der Waals surface area (Å²) in [5.74, 6) is 0.882.